The molecule has 2 fully saturated rings. The highest BCUT2D eigenvalue weighted by Crippen LogP contribution is 2.40. The quantitative estimate of drug-likeness (QED) is 0.172. The van der Waals surface area contributed by atoms with Crippen molar-refractivity contribution in [2.75, 3.05) is 19.7 Å². The number of benzene rings is 2. The molecule has 9 heteroatoms. The van der Waals surface area contributed by atoms with Gasteiger partial charge in [0.2, 0.25) is 5.91 Å². The monoisotopic (exact) mass is 608 g/mol. The number of rotatable bonds is 15. The van der Waals surface area contributed by atoms with Crippen LogP contribution in [-0.4, -0.2) is 71.7 Å². The lowest BCUT2D eigenvalue weighted by Crippen LogP contribution is -2.55. The van der Waals surface area contributed by atoms with Gasteiger partial charge in [0.25, 0.3) is 0 Å². The Balaban J connectivity index is 0.000000257. The fourth-order valence-corrected chi connectivity index (χ4v) is 6.23. The largest absolute Gasteiger partial charge is 0.480 e. The van der Waals surface area contributed by atoms with Crippen LogP contribution < -0.4 is 16.0 Å². The first-order chi connectivity index (χ1) is 21.3. The second kappa shape index (κ2) is 19.2. The standard InChI is InChI=1S/C19H32N2O5.C16H20N2/c1-4-8-14(19(25)26-5-2)20-12(3)17(22)21-15-10-7-6-9-13(15)11-16(21)18(23)24;1-3-7-15(8-4-1)13-17-11-12-18-14-16-9-5-2-6-10-16/h12-16,20H,4-11H2,1-3H3,(H,23,24);1-10,17-18H,11-14H2/t12-,13-,14-,15-,16-;/m0./s1. The number of likely N-dealkylation sites (tertiary alicyclic amines) is 1. The minimum Gasteiger partial charge on any atom is -0.480 e. The van der Waals surface area contributed by atoms with E-state index >= 15 is 0 Å². The molecule has 0 radical (unpaired) electrons. The van der Waals surface area contributed by atoms with Gasteiger partial charge in [-0.3, -0.25) is 14.9 Å². The lowest BCUT2D eigenvalue weighted by Gasteiger charge is -2.35. The van der Waals surface area contributed by atoms with Crippen molar-refractivity contribution >= 4 is 17.8 Å². The number of nitrogens with one attached hydrogen (secondary N) is 3. The molecule has 5 atom stereocenters. The molecule has 1 aliphatic heterocycles. The van der Waals surface area contributed by atoms with Crippen LogP contribution in [0.25, 0.3) is 0 Å². The number of fused-ring (bicyclic) bond motifs is 1. The third kappa shape index (κ3) is 11.0. The van der Waals surface area contributed by atoms with Crippen LogP contribution in [0, 0.1) is 5.92 Å². The van der Waals surface area contributed by atoms with Crippen LogP contribution in [0.15, 0.2) is 60.7 Å². The number of hydrogen-bond acceptors (Lipinski definition) is 7. The van der Waals surface area contributed by atoms with Gasteiger partial charge in [-0.2, -0.15) is 0 Å². The van der Waals surface area contributed by atoms with Gasteiger partial charge in [-0.05, 0) is 56.6 Å². The van der Waals surface area contributed by atoms with E-state index < -0.39 is 24.1 Å². The number of esters is 1. The fourth-order valence-electron chi connectivity index (χ4n) is 6.23. The Bertz CT molecular complexity index is 1090. The van der Waals surface area contributed by atoms with Crippen molar-refractivity contribution in [3.63, 3.8) is 0 Å². The first kappa shape index (κ1) is 35.2. The van der Waals surface area contributed by atoms with E-state index in [0.29, 0.717) is 19.4 Å². The maximum absolute atomic E-state index is 13.1. The van der Waals surface area contributed by atoms with Crippen molar-refractivity contribution in [3.8, 4) is 0 Å². The molecule has 1 amide bonds. The molecule has 1 heterocycles. The van der Waals surface area contributed by atoms with E-state index in [1.807, 2.05) is 19.1 Å². The Hall–Kier alpha value is -3.27. The van der Waals surface area contributed by atoms with Crippen molar-refractivity contribution < 1.29 is 24.2 Å². The van der Waals surface area contributed by atoms with Crippen LogP contribution >= 0.6 is 0 Å². The molecular formula is C35H52N4O5. The fraction of sp³-hybridized carbons (Fsp3) is 0.571. The second-order valence-corrected chi connectivity index (χ2v) is 11.8. The van der Waals surface area contributed by atoms with Gasteiger partial charge in [-0.15, -0.1) is 0 Å². The number of carboxylic acid groups (broad SMARTS) is 1. The van der Waals surface area contributed by atoms with Crippen molar-refractivity contribution in [3.05, 3.63) is 71.8 Å². The zero-order valence-corrected chi connectivity index (χ0v) is 26.7. The molecule has 44 heavy (non-hydrogen) atoms. The highest BCUT2D eigenvalue weighted by atomic mass is 16.5. The third-order valence-corrected chi connectivity index (χ3v) is 8.42. The smallest absolute Gasteiger partial charge is 0.326 e. The summed E-state index contributed by atoms with van der Waals surface area (Å²) in [5, 5.41) is 19.5. The number of carbonyl (C=O) groups excluding carboxylic acids is 2. The van der Waals surface area contributed by atoms with E-state index in [2.05, 4.69) is 64.5 Å². The summed E-state index contributed by atoms with van der Waals surface area (Å²) in [7, 11) is 0. The maximum atomic E-state index is 13.1. The predicted octanol–water partition coefficient (Wildman–Crippen LogP) is 4.51. The predicted molar refractivity (Wildman–Crippen MR) is 173 cm³/mol. The van der Waals surface area contributed by atoms with Gasteiger partial charge < -0.3 is 25.4 Å². The number of carboxylic acids is 1. The Morgan fingerprint density at radius 2 is 1.48 bits per heavy atom. The molecule has 2 aromatic rings. The first-order valence-corrected chi connectivity index (χ1v) is 16.3. The SMILES string of the molecule is CCC[C@H](N[C@@H](C)C(=O)N1[C@H](C(=O)O)C[C@@H]2CCCC[C@@H]21)C(=O)OCC.c1ccc(CNCCNCc2ccccc2)cc1. The van der Waals surface area contributed by atoms with E-state index in [-0.39, 0.29) is 23.8 Å². The van der Waals surface area contributed by atoms with Crippen LogP contribution in [0.4, 0.5) is 0 Å². The summed E-state index contributed by atoms with van der Waals surface area (Å²) in [6.07, 6.45) is 5.87. The van der Waals surface area contributed by atoms with Crippen molar-refractivity contribution in [2.24, 2.45) is 5.92 Å². The van der Waals surface area contributed by atoms with Crippen LogP contribution in [0.3, 0.4) is 0 Å². The molecule has 0 bridgehead atoms. The maximum Gasteiger partial charge on any atom is 0.326 e. The Kier molecular flexibility index (Phi) is 15.4. The van der Waals surface area contributed by atoms with Gasteiger partial charge in [0, 0.05) is 32.2 Å². The average Bonchev–Trinajstić information content (AvgIpc) is 3.44. The average molecular weight is 609 g/mol. The molecule has 2 aromatic carbocycles. The minimum atomic E-state index is -0.935. The number of nitrogens with zero attached hydrogens (tertiary/aromatic N) is 1. The lowest BCUT2D eigenvalue weighted by molar-refractivity contribution is -0.152. The first-order valence-electron chi connectivity index (χ1n) is 16.3. The zero-order valence-electron chi connectivity index (χ0n) is 26.7. The molecule has 0 spiro atoms. The Morgan fingerprint density at radius 3 is 2.00 bits per heavy atom. The number of ether oxygens (including phenoxy) is 1. The number of hydrogen-bond donors (Lipinski definition) is 4. The molecule has 0 aromatic heterocycles. The van der Waals surface area contributed by atoms with E-state index in [4.69, 9.17) is 4.74 Å². The van der Waals surface area contributed by atoms with Crippen molar-refractivity contribution in [1.82, 2.24) is 20.9 Å². The molecule has 2 aliphatic rings. The van der Waals surface area contributed by atoms with E-state index in [9.17, 15) is 19.5 Å². The van der Waals surface area contributed by atoms with Crippen LogP contribution in [0.2, 0.25) is 0 Å². The molecule has 9 nitrogen and oxygen atoms in total. The van der Waals surface area contributed by atoms with Gasteiger partial charge >= 0.3 is 11.9 Å². The summed E-state index contributed by atoms with van der Waals surface area (Å²) in [6, 6.07) is 19.0. The van der Waals surface area contributed by atoms with Gasteiger partial charge in [0.15, 0.2) is 0 Å². The Labute approximate surface area is 263 Å². The summed E-state index contributed by atoms with van der Waals surface area (Å²) >= 11 is 0. The van der Waals surface area contributed by atoms with Crippen molar-refractivity contribution in [1.29, 1.82) is 0 Å². The van der Waals surface area contributed by atoms with Crippen LogP contribution in [0.5, 0.6) is 0 Å². The molecule has 1 saturated carbocycles. The van der Waals surface area contributed by atoms with Gasteiger partial charge in [0.05, 0.1) is 12.6 Å². The molecular weight excluding hydrogens is 556 g/mol. The topological polar surface area (TPSA) is 120 Å². The Morgan fingerprint density at radius 1 is 0.909 bits per heavy atom. The highest BCUT2D eigenvalue weighted by Gasteiger charge is 2.48. The minimum absolute atomic E-state index is 0.00817. The molecule has 1 aliphatic carbocycles. The number of aliphatic carboxylic acids is 1. The van der Waals surface area contributed by atoms with Crippen LogP contribution in [-0.2, 0) is 32.2 Å². The van der Waals surface area contributed by atoms with Gasteiger partial charge in [-0.25, -0.2) is 4.79 Å². The summed E-state index contributed by atoms with van der Waals surface area (Å²) < 4.78 is 5.09. The molecule has 242 valence electrons. The zero-order chi connectivity index (χ0) is 31.7. The lowest BCUT2D eigenvalue weighted by atomic mass is 9.84. The third-order valence-electron chi connectivity index (χ3n) is 8.42. The number of carbonyl (C=O) groups is 3. The van der Waals surface area contributed by atoms with Crippen LogP contribution in [0.1, 0.15) is 76.8 Å². The molecule has 1 saturated heterocycles. The van der Waals surface area contributed by atoms with Crippen molar-refractivity contribution in [2.45, 2.75) is 103 Å². The second-order valence-electron chi connectivity index (χ2n) is 11.8. The summed E-state index contributed by atoms with van der Waals surface area (Å²) in [6.45, 7) is 9.57. The van der Waals surface area contributed by atoms with E-state index in [1.54, 1.807) is 18.7 Å². The molecule has 0 unspecified atom stereocenters. The van der Waals surface area contributed by atoms with Gasteiger partial charge in [0.1, 0.15) is 12.1 Å². The van der Waals surface area contributed by atoms with E-state index in [0.717, 1.165) is 58.3 Å². The van der Waals surface area contributed by atoms with E-state index in [1.165, 1.54) is 11.1 Å². The van der Waals surface area contributed by atoms with Gasteiger partial charge in [-0.1, -0.05) is 86.8 Å². The molecule has 4 N–H and O–H groups in total. The summed E-state index contributed by atoms with van der Waals surface area (Å²) in [4.78, 5) is 38.5. The number of amides is 1. The molecule has 4 rings (SSSR count). The summed E-state index contributed by atoms with van der Waals surface area (Å²) in [5.41, 5.74) is 2.67. The highest BCUT2D eigenvalue weighted by molar-refractivity contribution is 5.88. The normalized spacial score (nSPS) is 20.5. The summed E-state index contributed by atoms with van der Waals surface area (Å²) in [5.74, 6) is -1.24.